The fraction of sp³-hybridized carbons (Fsp3) is 0.524. The normalized spacial score (nSPS) is 14.3. The zero-order chi connectivity index (χ0) is 20.3. The Morgan fingerprint density at radius 1 is 1.11 bits per heavy atom. The molecule has 2 aromatic rings. The molecule has 0 amide bonds. The van der Waals surface area contributed by atoms with Crippen molar-refractivity contribution < 1.29 is 19.0 Å². The predicted octanol–water partition coefficient (Wildman–Crippen LogP) is 4.62. The lowest BCUT2D eigenvalue weighted by Crippen LogP contribution is -2.10. The van der Waals surface area contributed by atoms with Gasteiger partial charge in [-0.3, -0.25) is 4.79 Å². The second kappa shape index (κ2) is 8.90. The summed E-state index contributed by atoms with van der Waals surface area (Å²) in [5, 5.41) is 0.933. The van der Waals surface area contributed by atoms with Crippen molar-refractivity contribution in [2.24, 2.45) is 0 Å². The molecule has 1 aliphatic carbocycles. The Balaban J connectivity index is 1.81. The van der Waals surface area contributed by atoms with Gasteiger partial charge in [-0.25, -0.2) is 4.98 Å². The van der Waals surface area contributed by atoms with E-state index >= 15 is 0 Å². The maximum absolute atomic E-state index is 12.9. The molecule has 6 nitrogen and oxygen atoms in total. The number of nitrogens with zero attached hydrogens (tertiary/aromatic N) is 2. The molecule has 3 rings (SSSR count). The first-order valence-corrected chi connectivity index (χ1v) is 10.5. The highest BCUT2D eigenvalue weighted by molar-refractivity contribution is 7.99. The van der Waals surface area contributed by atoms with Crippen LogP contribution in [-0.4, -0.2) is 42.4 Å². The zero-order valence-corrected chi connectivity index (χ0v) is 18.0. The van der Waals surface area contributed by atoms with E-state index < -0.39 is 0 Å². The van der Waals surface area contributed by atoms with Gasteiger partial charge < -0.3 is 18.8 Å². The van der Waals surface area contributed by atoms with Gasteiger partial charge in [0.1, 0.15) is 0 Å². The maximum Gasteiger partial charge on any atom is 0.203 e. The van der Waals surface area contributed by atoms with Crippen LogP contribution in [0, 0.1) is 13.8 Å². The zero-order valence-electron chi connectivity index (χ0n) is 17.2. The molecule has 0 unspecified atom stereocenters. The molecule has 1 aromatic heterocycles. The summed E-state index contributed by atoms with van der Waals surface area (Å²) >= 11 is 1.50. The SMILES string of the molecule is COc1cc(C(=O)CSc2nc(C)c(C)n2C2CCCC2)cc(OC)c1OC. The van der Waals surface area contributed by atoms with E-state index in [1.165, 1.54) is 43.1 Å². The molecule has 1 aliphatic rings. The van der Waals surface area contributed by atoms with Gasteiger partial charge in [-0.15, -0.1) is 0 Å². The van der Waals surface area contributed by atoms with Crippen molar-refractivity contribution in [3.8, 4) is 17.2 Å². The molecular weight excluding hydrogens is 376 g/mol. The van der Waals surface area contributed by atoms with E-state index in [1.54, 1.807) is 33.5 Å². The molecule has 0 radical (unpaired) electrons. The van der Waals surface area contributed by atoms with Crippen LogP contribution >= 0.6 is 11.8 Å². The van der Waals surface area contributed by atoms with Crippen LogP contribution in [0.2, 0.25) is 0 Å². The van der Waals surface area contributed by atoms with Gasteiger partial charge in [-0.2, -0.15) is 0 Å². The number of ketones is 1. The van der Waals surface area contributed by atoms with Gasteiger partial charge in [0.2, 0.25) is 5.75 Å². The summed E-state index contributed by atoms with van der Waals surface area (Å²) in [5.74, 6) is 1.75. The highest BCUT2D eigenvalue weighted by Gasteiger charge is 2.24. The van der Waals surface area contributed by atoms with Crippen LogP contribution in [0.15, 0.2) is 17.3 Å². The van der Waals surface area contributed by atoms with Crippen LogP contribution in [0.3, 0.4) is 0 Å². The largest absolute Gasteiger partial charge is 0.493 e. The third-order valence-electron chi connectivity index (χ3n) is 5.36. The Bertz CT molecular complexity index is 831. The molecule has 1 heterocycles. The van der Waals surface area contributed by atoms with Crippen LogP contribution < -0.4 is 14.2 Å². The lowest BCUT2D eigenvalue weighted by Gasteiger charge is -2.17. The quantitative estimate of drug-likeness (QED) is 0.473. The van der Waals surface area contributed by atoms with Crippen LogP contribution in [0.5, 0.6) is 17.2 Å². The number of imidazole rings is 1. The summed E-state index contributed by atoms with van der Waals surface area (Å²) in [4.78, 5) is 17.6. The summed E-state index contributed by atoms with van der Waals surface area (Å²) in [7, 11) is 4.64. The fourth-order valence-corrected chi connectivity index (χ4v) is 4.80. The number of benzene rings is 1. The summed E-state index contributed by atoms with van der Waals surface area (Å²) in [6.07, 6.45) is 4.89. The number of hydrogen-bond donors (Lipinski definition) is 0. The molecule has 1 aromatic carbocycles. The molecule has 152 valence electrons. The minimum atomic E-state index is 0.000492. The minimum Gasteiger partial charge on any atom is -0.493 e. The Kier molecular flexibility index (Phi) is 6.54. The molecule has 0 aliphatic heterocycles. The standard InChI is InChI=1S/C21H28N2O4S/c1-13-14(2)23(16-8-6-7-9-16)21(22-13)28-12-17(24)15-10-18(25-3)20(27-5)19(11-15)26-4/h10-11,16H,6-9,12H2,1-5H3. The first kappa shape index (κ1) is 20.6. The number of thioether (sulfide) groups is 1. The lowest BCUT2D eigenvalue weighted by molar-refractivity contribution is 0.102. The topological polar surface area (TPSA) is 62.6 Å². The number of rotatable bonds is 8. The van der Waals surface area contributed by atoms with E-state index in [0.717, 1.165) is 10.9 Å². The summed E-state index contributed by atoms with van der Waals surface area (Å²) < 4.78 is 18.4. The smallest absolute Gasteiger partial charge is 0.203 e. The molecule has 1 fully saturated rings. The number of methoxy groups -OCH3 is 3. The fourth-order valence-electron chi connectivity index (χ4n) is 3.75. The summed E-state index contributed by atoms with van der Waals surface area (Å²) in [6, 6.07) is 3.90. The number of Topliss-reactive ketones (excluding diaryl/α,β-unsaturated/α-hetero) is 1. The van der Waals surface area contributed by atoms with E-state index in [0.29, 0.717) is 34.6 Å². The molecule has 0 saturated heterocycles. The molecule has 0 N–H and O–H groups in total. The minimum absolute atomic E-state index is 0.000492. The second-order valence-corrected chi connectivity index (χ2v) is 7.94. The third-order valence-corrected chi connectivity index (χ3v) is 6.32. The van der Waals surface area contributed by atoms with E-state index in [1.807, 2.05) is 6.92 Å². The molecule has 28 heavy (non-hydrogen) atoms. The van der Waals surface area contributed by atoms with Gasteiger partial charge in [-0.05, 0) is 38.8 Å². The van der Waals surface area contributed by atoms with Gasteiger partial charge >= 0.3 is 0 Å². The Labute approximate surface area is 170 Å². The average molecular weight is 405 g/mol. The Morgan fingerprint density at radius 3 is 2.25 bits per heavy atom. The van der Waals surface area contributed by atoms with E-state index in [-0.39, 0.29) is 5.78 Å². The van der Waals surface area contributed by atoms with Crippen molar-refractivity contribution in [3.63, 3.8) is 0 Å². The maximum atomic E-state index is 12.9. The first-order chi connectivity index (χ1) is 13.5. The molecular formula is C21H28N2O4S. The lowest BCUT2D eigenvalue weighted by atomic mass is 10.1. The number of aromatic nitrogens is 2. The van der Waals surface area contributed by atoms with Crippen molar-refractivity contribution in [1.82, 2.24) is 9.55 Å². The molecule has 7 heteroatoms. The number of aryl methyl sites for hydroxylation is 1. The van der Waals surface area contributed by atoms with Crippen molar-refractivity contribution >= 4 is 17.5 Å². The van der Waals surface area contributed by atoms with Gasteiger partial charge in [0.25, 0.3) is 0 Å². The van der Waals surface area contributed by atoms with Crippen molar-refractivity contribution in [2.75, 3.05) is 27.1 Å². The van der Waals surface area contributed by atoms with Crippen molar-refractivity contribution in [1.29, 1.82) is 0 Å². The average Bonchev–Trinajstić information content (AvgIpc) is 3.33. The summed E-state index contributed by atoms with van der Waals surface area (Å²) in [5.41, 5.74) is 2.78. The highest BCUT2D eigenvalue weighted by Crippen LogP contribution is 2.39. The van der Waals surface area contributed by atoms with E-state index in [2.05, 4.69) is 11.5 Å². The van der Waals surface area contributed by atoms with Crippen LogP contribution in [0.1, 0.15) is 53.5 Å². The molecule has 1 saturated carbocycles. The number of carbonyl (C=O) groups excluding carboxylic acids is 1. The second-order valence-electron chi connectivity index (χ2n) is 7.00. The van der Waals surface area contributed by atoms with Crippen molar-refractivity contribution in [2.45, 2.75) is 50.7 Å². The Morgan fingerprint density at radius 2 is 1.71 bits per heavy atom. The van der Waals surface area contributed by atoms with Crippen LogP contribution in [-0.2, 0) is 0 Å². The number of ether oxygens (including phenoxy) is 3. The summed E-state index contributed by atoms with van der Waals surface area (Å²) in [6.45, 7) is 4.15. The van der Waals surface area contributed by atoms with Gasteiger partial charge in [0.05, 0.1) is 32.8 Å². The Hall–Kier alpha value is -2.15. The van der Waals surface area contributed by atoms with Gasteiger partial charge in [0, 0.05) is 17.3 Å². The number of carbonyl (C=O) groups is 1. The number of hydrogen-bond acceptors (Lipinski definition) is 6. The monoisotopic (exact) mass is 404 g/mol. The third kappa shape index (κ3) is 3.99. The molecule has 0 bridgehead atoms. The highest BCUT2D eigenvalue weighted by atomic mass is 32.2. The molecule has 0 spiro atoms. The predicted molar refractivity (Wildman–Crippen MR) is 110 cm³/mol. The van der Waals surface area contributed by atoms with Gasteiger partial charge in [0.15, 0.2) is 22.4 Å². The molecule has 0 atom stereocenters. The first-order valence-electron chi connectivity index (χ1n) is 9.51. The van der Waals surface area contributed by atoms with Crippen LogP contribution in [0.4, 0.5) is 0 Å². The van der Waals surface area contributed by atoms with Crippen molar-refractivity contribution in [3.05, 3.63) is 29.1 Å². The van der Waals surface area contributed by atoms with E-state index in [4.69, 9.17) is 19.2 Å². The van der Waals surface area contributed by atoms with Crippen LogP contribution in [0.25, 0.3) is 0 Å². The van der Waals surface area contributed by atoms with Gasteiger partial charge in [-0.1, -0.05) is 24.6 Å². The van der Waals surface area contributed by atoms with E-state index in [9.17, 15) is 4.79 Å².